The molecule has 0 aliphatic rings. The zero-order valence-corrected chi connectivity index (χ0v) is 19.2. The molecule has 0 fully saturated rings. The van der Waals surface area contributed by atoms with Gasteiger partial charge in [0.1, 0.15) is 12.4 Å². The van der Waals surface area contributed by atoms with Crippen LogP contribution in [-0.2, 0) is 9.68 Å². The van der Waals surface area contributed by atoms with E-state index in [9.17, 15) is 18.0 Å². The summed E-state index contributed by atoms with van der Waals surface area (Å²) in [6, 6.07) is 5.09. The van der Waals surface area contributed by atoms with Crippen LogP contribution in [0.2, 0.25) is 0 Å². The molecule has 0 spiro atoms. The van der Waals surface area contributed by atoms with Crippen molar-refractivity contribution < 1.29 is 32.7 Å². The lowest BCUT2D eigenvalue weighted by Gasteiger charge is -2.15. The molecule has 0 bridgehead atoms. The molecule has 168 valence electrons. The first-order chi connectivity index (χ1) is 14.9. The third-order valence-corrected chi connectivity index (χ3v) is 4.92. The van der Waals surface area contributed by atoms with E-state index in [0.717, 1.165) is 12.3 Å². The third kappa shape index (κ3) is 7.26. The summed E-state index contributed by atoms with van der Waals surface area (Å²) in [7, 11) is 0. The molecule has 7 nitrogen and oxygen atoms in total. The average Bonchev–Trinajstić information content (AvgIpc) is 2.74. The lowest BCUT2D eigenvalue weighted by molar-refractivity contribution is 0.0168. The molecule has 0 heterocycles. The SMILES string of the molecule is CSCCO/N=C\c1cc(C(=O)NOCCO)c(Nc2ccc(I)cc2F)c(F)c1F. The number of oxime groups is 1. The molecule has 2 aromatic rings. The molecule has 0 saturated carbocycles. The number of rotatable bonds is 11. The average molecular weight is 569 g/mol. The van der Waals surface area contributed by atoms with Crippen LogP contribution in [0.3, 0.4) is 0 Å². The molecule has 1 amide bonds. The molecule has 3 N–H and O–H groups in total. The van der Waals surface area contributed by atoms with E-state index in [1.807, 2.05) is 34.3 Å². The predicted molar refractivity (Wildman–Crippen MR) is 121 cm³/mol. The van der Waals surface area contributed by atoms with Crippen molar-refractivity contribution in [3.8, 4) is 0 Å². The van der Waals surface area contributed by atoms with Gasteiger partial charge in [-0.3, -0.25) is 9.63 Å². The molecular weight excluding hydrogens is 550 g/mol. The van der Waals surface area contributed by atoms with Crippen molar-refractivity contribution in [3.63, 3.8) is 0 Å². The highest BCUT2D eigenvalue weighted by Crippen LogP contribution is 2.30. The van der Waals surface area contributed by atoms with Gasteiger partial charge in [-0.05, 0) is 53.1 Å². The number of nitrogens with one attached hydrogen (secondary N) is 2. The number of anilines is 2. The first-order valence-electron chi connectivity index (χ1n) is 8.80. The second-order valence-electron chi connectivity index (χ2n) is 5.83. The lowest BCUT2D eigenvalue weighted by atomic mass is 10.1. The summed E-state index contributed by atoms with van der Waals surface area (Å²) in [4.78, 5) is 22.2. The molecule has 12 heteroatoms. The van der Waals surface area contributed by atoms with Gasteiger partial charge in [-0.25, -0.2) is 18.7 Å². The van der Waals surface area contributed by atoms with Crippen LogP contribution in [0.25, 0.3) is 0 Å². The molecule has 0 unspecified atom stereocenters. The van der Waals surface area contributed by atoms with Gasteiger partial charge in [-0.1, -0.05) is 5.16 Å². The standard InChI is InChI=1S/C19H19F3IN3O4S/c1-31-7-6-29-24-10-11-8-13(19(28)26-30-5-4-27)18(17(22)16(11)21)25-15-3-2-12(23)9-14(15)20/h2-3,8-10,25,27H,4-7H2,1H3,(H,26,28)/b24-10-. The predicted octanol–water partition coefficient (Wildman–Crippen LogP) is 3.82. The van der Waals surface area contributed by atoms with E-state index in [4.69, 9.17) is 14.8 Å². The highest BCUT2D eigenvalue weighted by atomic mass is 127. The Morgan fingerprint density at radius 1 is 1.26 bits per heavy atom. The van der Waals surface area contributed by atoms with Crippen molar-refractivity contribution in [1.29, 1.82) is 0 Å². The third-order valence-electron chi connectivity index (χ3n) is 3.67. The van der Waals surface area contributed by atoms with E-state index in [1.165, 1.54) is 23.9 Å². The molecule has 2 rings (SSSR count). The maximum Gasteiger partial charge on any atom is 0.277 e. The summed E-state index contributed by atoms with van der Waals surface area (Å²) < 4.78 is 44.3. The van der Waals surface area contributed by atoms with E-state index in [0.29, 0.717) is 9.32 Å². The van der Waals surface area contributed by atoms with Gasteiger partial charge in [0.05, 0.1) is 36.4 Å². The number of carbonyl (C=O) groups is 1. The van der Waals surface area contributed by atoms with E-state index in [-0.39, 0.29) is 36.6 Å². The minimum atomic E-state index is -1.42. The Hall–Kier alpha value is -2.03. The van der Waals surface area contributed by atoms with Crippen LogP contribution in [0, 0.1) is 21.0 Å². The van der Waals surface area contributed by atoms with Crippen LogP contribution < -0.4 is 10.8 Å². The van der Waals surface area contributed by atoms with Crippen LogP contribution in [0.4, 0.5) is 24.5 Å². The Morgan fingerprint density at radius 3 is 2.71 bits per heavy atom. The van der Waals surface area contributed by atoms with Gasteiger partial charge in [-0.2, -0.15) is 11.8 Å². The fourth-order valence-electron chi connectivity index (χ4n) is 2.25. The Bertz CT molecular complexity index is 950. The van der Waals surface area contributed by atoms with Crippen LogP contribution in [-0.4, -0.2) is 49.1 Å². The van der Waals surface area contributed by atoms with Gasteiger partial charge in [0.25, 0.3) is 5.91 Å². The van der Waals surface area contributed by atoms with Crippen LogP contribution in [0.1, 0.15) is 15.9 Å². The Labute approximate surface area is 194 Å². The minimum Gasteiger partial charge on any atom is -0.395 e. The number of hydrogen-bond donors (Lipinski definition) is 3. The quantitative estimate of drug-likeness (QED) is 0.165. The van der Waals surface area contributed by atoms with Crippen molar-refractivity contribution in [3.05, 3.63) is 56.4 Å². The summed E-state index contributed by atoms with van der Waals surface area (Å²) in [6.07, 6.45) is 2.80. The molecule has 2 aromatic carbocycles. The molecule has 31 heavy (non-hydrogen) atoms. The number of thioether (sulfide) groups is 1. The van der Waals surface area contributed by atoms with Crippen molar-refractivity contribution in [2.75, 3.05) is 37.1 Å². The molecule has 0 aliphatic heterocycles. The minimum absolute atomic E-state index is 0.161. The maximum absolute atomic E-state index is 14.9. The zero-order valence-electron chi connectivity index (χ0n) is 16.3. The van der Waals surface area contributed by atoms with Gasteiger partial charge in [0.2, 0.25) is 0 Å². The summed E-state index contributed by atoms with van der Waals surface area (Å²) in [6.45, 7) is -0.334. The summed E-state index contributed by atoms with van der Waals surface area (Å²) in [5, 5.41) is 14.8. The van der Waals surface area contributed by atoms with Crippen LogP contribution in [0.15, 0.2) is 29.4 Å². The van der Waals surface area contributed by atoms with Crippen molar-refractivity contribution in [1.82, 2.24) is 5.48 Å². The van der Waals surface area contributed by atoms with Gasteiger partial charge < -0.3 is 15.3 Å². The number of benzene rings is 2. The second kappa shape index (κ2) is 12.7. The van der Waals surface area contributed by atoms with Crippen LogP contribution >= 0.6 is 34.4 Å². The van der Waals surface area contributed by atoms with Crippen molar-refractivity contribution in [2.45, 2.75) is 0 Å². The number of halogens is 4. The number of carbonyl (C=O) groups excluding carboxylic acids is 1. The van der Waals surface area contributed by atoms with E-state index < -0.39 is 29.0 Å². The maximum atomic E-state index is 14.9. The number of hydrogen-bond acceptors (Lipinski definition) is 7. The largest absolute Gasteiger partial charge is 0.395 e. The van der Waals surface area contributed by atoms with Gasteiger partial charge in [-0.15, -0.1) is 0 Å². The fourth-order valence-corrected chi connectivity index (χ4v) is 2.95. The van der Waals surface area contributed by atoms with Gasteiger partial charge in [0.15, 0.2) is 11.6 Å². The normalized spacial score (nSPS) is 11.0. The lowest BCUT2D eigenvalue weighted by Crippen LogP contribution is -2.26. The first kappa shape index (κ1) is 25.2. The fraction of sp³-hybridized carbons (Fsp3) is 0.263. The van der Waals surface area contributed by atoms with E-state index >= 15 is 0 Å². The smallest absolute Gasteiger partial charge is 0.277 e. The van der Waals surface area contributed by atoms with Crippen LogP contribution in [0.5, 0.6) is 0 Å². The molecule has 0 aromatic heterocycles. The molecule has 0 radical (unpaired) electrons. The molecule has 0 atom stereocenters. The Balaban J connectivity index is 2.43. The summed E-state index contributed by atoms with van der Waals surface area (Å²) >= 11 is 3.41. The number of aliphatic hydroxyl groups excluding tert-OH is 1. The first-order valence-corrected chi connectivity index (χ1v) is 11.3. The number of hydroxylamine groups is 1. The van der Waals surface area contributed by atoms with E-state index in [2.05, 4.69) is 10.5 Å². The topological polar surface area (TPSA) is 92.2 Å². The number of aliphatic hydroxyl groups is 1. The zero-order chi connectivity index (χ0) is 22.8. The Kier molecular flexibility index (Phi) is 10.4. The molecular formula is C19H19F3IN3O4S. The van der Waals surface area contributed by atoms with Gasteiger partial charge in [0, 0.05) is 14.9 Å². The summed E-state index contributed by atoms with van der Waals surface area (Å²) in [5.74, 6) is -3.74. The summed E-state index contributed by atoms with van der Waals surface area (Å²) in [5.41, 5.74) is 0.517. The number of amides is 1. The van der Waals surface area contributed by atoms with Gasteiger partial charge >= 0.3 is 0 Å². The Morgan fingerprint density at radius 2 is 2.03 bits per heavy atom. The molecule has 0 saturated heterocycles. The monoisotopic (exact) mass is 569 g/mol. The highest BCUT2D eigenvalue weighted by molar-refractivity contribution is 14.1. The van der Waals surface area contributed by atoms with Crippen molar-refractivity contribution in [2.24, 2.45) is 5.16 Å². The highest BCUT2D eigenvalue weighted by Gasteiger charge is 2.23. The molecule has 0 aliphatic carbocycles. The van der Waals surface area contributed by atoms with E-state index in [1.54, 1.807) is 6.07 Å². The van der Waals surface area contributed by atoms with Crippen molar-refractivity contribution >= 4 is 57.8 Å². The number of nitrogens with zero attached hydrogens (tertiary/aromatic N) is 1. The second-order valence-corrected chi connectivity index (χ2v) is 8.06.